The summed E-state index contributed by atoms with van der Waals surface area (Å²) in [7, 11) is 2.08. The molecule has 0 aromatic heterocycles. The Kier molecular flexibility index (Phi) is 3.95. The number of allylic oxidation sites excluding steroid dienone is 2. The predicted octanol–water partition coefficient (Wildman–Crippen LogP) is 0.490. The molecule has 0 saturated carbocycles. The molecular formula is C18H25N3O3. The zero-order chi connectivity index (χ0) is 16.8. The molecule has 3 fully saturated rings. The molecule has 0 radical (unpaired) electrons. The first kappa shape index (κ1) is 15.8. The number of imide groups is 1. The summed E-state index contributed by atoms with van der Waals surface area (Å²) in [5.74, 6) is -0.0600. The second-order valence-electron chi connectivity index (χ2n) is 7.68. The van der Waals surface area contributed by atoms with Gasteiger partial charge in [0.1, 0.15) is 0 Å². The highest BCUT2D eigenvalue weighted by molar-refractivity contribution is 6.06. The maximum Gasteiger partial charge on any atom is 0.233 e. The molecule has 130 valence electrons. The topological polar surface area (TPSA) is 60.9 Å². The minimum absolute atomic E-state index is 0.0225. The molecule has 3 aliphatic heterocycles. The van der Waals surface area contributed by atoms with Crippen molar-refractivity contribution in [3.63, 3.8) is 0 Å². The summed E-state index contributed by atoms with van der Waals surface area (Å²) >= 11 is 0. The van der Waals surface area contributed by atoms with Crippen LogP contribution in [0, 0.1) is 17.8 Å². The Hall–Kier alpha value is -1.69. The Labute approximate surface area is 142 Å². The SMILES string of the molecule is CN1CCC(C(=O)N2CC(N3C(=O)C4CC=CCC4C3=O)C2)CC1. The standard InChI is InChI=1S/C18H25N3O3/c1-19-8-6-12(7-9-19)16(22)20-10-13(11-20)21-17(23)14-4-2-3-5-15(14)18(21)24/h2-3,12-15H,4-11H2,1H3. The molecule has 2 atom stereocenters. The molecule has 0 bridgehead atoms. The normalized spacial score (nSPS) is 32.2. The highest BCUT2D eigenvalue weighted by atomic mass is 16.2. The van der Waals surface area contributed by atoms with Gasteiger partial charge in [0.05, 0.1) is 17.9 Å². The first-order valence-corrected chi connectivity index (χ1v) is 9.05. The van der Waals surface area contributed by atoms with E-state index in [4.69, 9.17) is 0 Å². The first-order chi connectivity index (χ1) is 11.6. The lowest BCUT2D eigenvalue weighted by molar-refractivity contribution is -0.155. The minimum Gasteiger partial charge on any atom is -0.338 e. The lowest BCUT2D eigenvalue weighted by Gasteiger charge is -2.45. The van der Waals surface area contributed by atoms with Crippen LogP contribution in [-0.4, -0.2) is 71.7 Å². The highest BCUT2D eigenvalue weighted by Gasteiger charge is 2.52. The van der Waals surface area contributed by atoms with Crippen molar-refractivity contribution in [2.75, 3.05) is 33.2 Å². The Morgan fingerprint density at radius 1 is 1.00 bits per heavy atom. The Balaban J connectivity index is 1.35. The number of fused-ring (bicyclic) bond motifs is 1. The van der Waals surface area contributed by atoms with E-state index in [0.717, 1.165) is 25.9 Å². The maximum absolute atomic E-state index is 12.6. The molecule has 24 heavy (non-hydrogen) atoms. The number of carbonyl (C=O) groups is 3. The minimum atomic E-state index is -0.166. The van der Waals surface area contributed by atoms with E-state index in [2.05, 4.69) is 11.9 Å². The van der Waals surface area contributed by atoms with Crippen LogP contribution in [0.25, 0.3) is 0 Å². The van der Waals surface area contributed by atoms with Crippen LogP contribution < -0.4 is 0 Å². The van der Waals surface area contributed by atoms with Crippen LogP contribution in [0.2, 0.25) is 0 Å². The summed E-state index contributed by atoms with van der Waals surface area (Å²) in [6, 6.07) is -0.106. The van der Waals surface area contributed by atoms with Crippen molar-refractivity contribution in [1.29, 1.82) is 0 Å². The number of carbonyl (C=O) groups excluding carboxylic acids is 3. The van der Waals surface area contributed by atoms with Crippen molar-refractivity contribution < 1.29 is 14.4 Å². The number of nitrogens with zero attached hydrogens (tertiary/aromatic N) is 3. The van der Waals surface area contributed by atoms with Gasteiger partial charge in [-0.15, -0.1) is 0 Å². The third-order valence-electron chi connectivity index (χ3n) is 6.15. The van der Waals surface area contributed by atoms with Gasteiger partial charge in [0.2, 0.25) is 17.7 Å². The molecule has 3 amide bonds. The molecule has 0 spiro atoms. The quantitative estimate of drug-likeness (QED) is 0.546. The van der Waals surface area contributed by atoms with Crippen molar-refractivity contribution >= 4 is 17.7 Å². The molecule has 0 N–H and O–H groups in total. The molecule has 6 nitrogen and oxygen atoms in total. The van der Waals surface area contributed by atoms with Gasteiger partial charge in [-0.3, -0.25) is 19.3 Å². The zero-order valence-electron chi connectivity index (χ0n) is 14.2. The van der Waals surface area contributed by atoms with Crippen LogP contribution in [0.15, 0.2) is 12.2 Å². The molecule has 0 aromatic carbocycles. The van der Waals surface area contributed by atoms with E-state index in [-0.39, 0.29) is 41.5 Å². The van der Waals surface area contributed by atoms with Gasteiger partial charge in [-0.2, -0.15) is 0 Å². The van der Waals surface area contributed by atoms with Gasteiger partial charge in [-0.05, 0) is 45.8 Å². The molecule has 2 unspecified atom stereocenters. The Morgan fingerprint density at radius 3 is 2.08 bits per heavy atom. The number of hydrogen-bond acceptors (Lipinski definition) is 4. The van der Waals surface area contributed by atoms with Crippen LogP contribution in [0.5, 0.6) is 0 Å². The van der Waals surface area contributed by atoms with E-state index in [1.807, 2.05) is 17.1 Å². The van der Waals surface area contributed by atoms with Crippen molar-refractivity contribution in [2.45, 2.75) is 31.7 Å². The highest BCUT2D eigenvalue weighted by Crippen LogP contribution is 2.37. The molecule has 3 heterocycles. The van der Waals surface area contributed by atoms with Gasteiger partial charge in [-0.25, -0.2) is 0 Å². The van der Waals surface area contributed by atoms with E-state index in [1.54, 1.807) is 0 Å². The summed E-state index contributed by atoms with van der Waals surface area (Å²) in [4.78, 5) is 43.3. The second-order valence-corrected chi connectivity index (χ2v) is 7.68. The smallest absolute Gasteiger partial charge is 0.233 e. The summed E-state index contributed by atoms with van der Waals surface area (Å²) in [6.45, 7) is 2.98. The summed E-state index contributed by atoms with van der Waals surface area (Å²) in [5, 5.41) is 0. The van der Waals surface area contributed by atoms with Gasteiger partial charge in [-0.1, -0.05) is 12.2 Å². The zero-order valence-corrected chi connectivity index (χ0v) is 14.2. The average molecular weight is 331 g/mol. The van der Waals surface area contributed by atoms with Crippen LogP contribution >= 0.6 is 0 Å². The Morgan fingerprint density at radius 2 is 1.54 bits per heavy atom. The molecule has 4 rings (SSSR count). The Bertz CT molecular complexity index is 562. The second kappa shape index (κ2) is 5.99. The summed E-state index contributed by atoms with van der Waals surface area (Å²) in [6.07, 6.45) is 7.19. The van der Waals surface area contributed by atoms with Crippen molar-refractivity contribution in [2.24, 2.45) is 17.8 Å². The van der Waals surface area contributed by atoms with Gasteiger partial charge >= 0.3 is 0 Å². The third-order valence-corrected chi connectivity index (χ3v) is 6.15. The number of amides is 3. The van der Waals surface area contributed by atoms with Crippen molar-refractivity contribution in [3.8, 4) is 0 Å². The molecule has 6 heteroatoms. The van der Waals surface area contributed by atoms with Crippen LogP contribution in [0.1, 0.15) is 25.7 Å². The first-order valence-electron chi connectivity index (χ1n) is 9.05. The van der Waals surface area contributed by atoms with Gasteiger partial charge in [0.25, 0.3) is 0 Å². The lowest BCUT2D eigenvalue weighted by Crippen LogP contribution is -2.63. The molecule has 4 aliphatic rings. The number of hydrogen-bond donors (Lipinski definition) is 0. The monoisotopic (exact) mass is 331 g/mol. The van der Waals surface area contributed by atoms with Crippen LogP contribution in [-0.2, 0) is 14.4 Å². The van der Waals surface area contributed by atoms with Gasteiger partial charge in [0, 0.05) is 19.0 Å². The number of rotatable bonds is 2. The fraction of sp³-hybridized carbons (Fsp3) is 0.722. The van der Waals surface area contributed by atoms with E-state index >= 15 is 0 Å². The largest absolute Gasteiger partial charge is 0.338 e. The number of likely N-dealkylation sites (tertiary alicyclic amines) is 3. The third kappa shape index (κ3) is 2.48. The van der Waals surface area contributed by atoms with E-state index in [9.17, 15) is 14.4 Å². The maximum atomic E-state index is 12.6. The number of piperidine rings is 1. The molecule has 3 saturated heterocycles. The fourth-order valence-corrected chi connectivity index (χ4v) is 4.50. The molecule has 0 aromatic rings. The van der Waals surface area contributed by atoms with Gasteiger partial charge in [0.15, 0.2) is 0 Å². The average Bonchev–Trinajstić information content (AvgIpc) is 2.80. The lowest BCUT2D eigenvalue weighted by atomic mass is 9.85. The van der Waals surface area contributed by atoms with Crippen LogP contribution in [0.3, 0.4) is 0 Å². The van der Waals surface area contributed by atoms with Crippen molar-refractivity contribution in [1.82, 2.24) is 14.7 Å². The van der Waals surface area contributed by atoms with E-state index < -0.39 is 0 Å². The summed E-state index contributed by atoms with van der Waals surface area (Å²) in [5.41, 5.74) is 0. The summed E-state index contributed by atoms with van der Waals surface area (Å²) < 4.78 is 0. The van der Waals surface area contributed by atoms with E-state index in [1.165, 1.54) is 4.90 Å². The molecule has 1 aliphatic carbocycles. The fourth-order valence-electron chi connectivity index (χ4n) is 4.50. The molecular weight excluding hydrogens is 306 g/mol. The predicted molar refractivity (Wildman–Crippen MR) is 87.8 cm³/mol. The van der Waals surface area contributed by atoms with Crippen molar-refractivity contribution in [3.05, 3.63) is 12.2 Å². The van der Waals surface area contributed by atoms with Crippen LogP contribution in [0.4, 0.5) is 0 Å². The van der Waals surface area contributed by atoms with E-state index in [0.29, 0.717) is 25.9 Å². The van der Waals surface area contributed by atoms with Gasteiger partial charge < -0.3 is 9.80 Å².